The monoisotopic (exact) mass is 364 g/mol. The Balaban J connectivity index is 1.66. The lowest BCUT2D eigenvalue weighted by molar-refractivity contribution is -0.120. The van der Waals surface area contributed by atoms with Crippen LogP contribution in [0.1, 0.15) is 16.9 Å². The van der Waals surface area contributed by atoms with Crippen LogP contribution in [0.2, 0.25) is 0 Å². The van der Waals surface area contributed by atoms with E-state index >= 15 is 0 Å². The Hall–Kier alpha value is -1.96. The summed E-state index contributed by atoms with van der Waals surface area (Å²) in [6.45, 7) is 0.631. The quantitative estimate of drug-likeness (QED) is 0.717. The lowest BCUT2D eigenvalue weighted by Gasteiger charge is -2.05. The van der Waals surface area contributed by atoms with Crippen LogP contribution in [0, 0.1) is 0 Å². The fourth-order valence-electron chi connectivity index (χ4n) is 1.96. The first kappa shape index (κ1) is 18.4. The molecule has 0 saturated carbocycles. The molecule has 2 rings (SSSR count). The third-order valence-electron chi connectivity index (χ3n) is 3.17. The van der Waals surface area contributed by atoms with Crippen LogP contribution < -0.4 is 10.0 Å². The zero-order valence-electron chi connectivity index (χ0n) is 13.1. The molecule has 1 aromatic carbocycles. The van der Waals surface area contributed by atoms with Crippen molar-refractivity contribution >= 4 is 33.3 Å². The highest BCUT2D eigenvalue weighted by molar-refractivity contribution is 7.92. The fraction of sp³-hybridized carbons (Fsp3) is 0.235. The van der Waals surface area contributed by atoms with E-state index in [0.717, 1.165) is 17.4 Å². The van der Waals surface area contributed by atoms with Gasteiger partial charge in [0.2, 0.25) is 15.9 Å². The SMILES string of the molecule is O=C(CCNS(=O)(=O)/C=C/c1ccccc1)NCCc1cccs1. The highest BCUT2D eigenvalue weighted by Gasteiger charge is 2.07. The van der Waals surface area contributed by atoms with Crippen molar-refractivity contribution in [1.29, 1.82) is 0 Å². The predicted octanol–water partition coefficient (Wildman–Crippen LogP) is 2.39. The van der Waals surface area contributed by atoms with Crippen molar-refractivity contribution in [2.24, 2.45) is 0 Å². The maximum absolute atomic E-state index is 11.8. The molecule has 0 atom stereocenters. The molecule has 0 radical (unpaired) electrons. The molecule has 2 N–H and O–H groups in total. The zero-order chi connectivity index (χ0) is 17.3. The van der Waals surface area contributed by atoms with Gasteiger partial charge in [-0.2, -0.15) is 0 Å². The van der Waals surface area contributed by atoms with E-state index in [-0.39, 0.29) is 18.9 Å². The van der Waals surface area contributed by atoms with E-state index in [2.05, 4.69) is 10.0 Å². The molecule has 24 heavy (non-hydrogen) atoms. The van der Waals surface area contributed by atoms with Crippen molar-refractivity contribution in [3.05, 3.63) is 63.7 Å². The number of thiophene rings is 1. The summed E-state index contributed by atoms with van der Waals surface area (Å²) >= 11 is 1.65. The number of amides is 1. The smallest absolute Gasteiger partial charge is 0.233 e. The first-order chi connectivity index (χ1) is 11.6. The summed E-state index contributed by atoms with van der Waals surface area (Å²) < 4.78 is 26.0. The Morgan fingerprint density at radius 2 is 1.88 bits per heavy atom. The van der Waals surface area contributed by atoms with Gasteiger partial charge in [0.25, 0.3) is 0 Å². The molecule has 0 aliphatic rings. The minimum Gasteiger partial charge on any atom is -0.356 e. The van der Waals surface area contributed by atoms with Crippen LogP contribution in [0.4, 0.5) is 0 Å². The summed E-state index contributed by atoms with van der Waals surface area (Å²) in [7, 11) is -3.54. The van der Waals surface area contributed by atoms with Gasteiger partial charge in [-0.3, -0.25) is 4.79 Å². The number of nitrogens with one attached hydrogen (secondary N) is 2. The molecule has 0 aliphatic carbocycles. The molecule has 0 fully saturated rings. The van der Waals surface area contributed by atoms with Crippen LogP contribution in [0.3, 0.4) is 0 Å². The van der Waals surface area contributed by atoms with Gasteiger partial charge in [0.15, 0.2) is 0 Å². The standard InChI is InChI=1S/C17H20N2O3S2/c20-17(18-11-8-16-7-4-13-23-16)9-12-19-24(21,22)14-10-15-5-2-1-3-6-15/h1-7,10,13-14,19H,8-9,11-12H2,(H,18,20)/b14-10+. The van der Waals surface area contributed by atoms with Crippen molar-refractivity contribution in [3.8, 4) is 0 Å². The lowest BCUT2D eigenvalue weighted by Crippen LogP contribution is -2.30. The highest BCUT2D eigenvalue weighted by Crippen LogP contribution is 2.08. The second kappa shape index (κ2) is 9.36. The van der Waals surface area contributed by atoms with E-state index in [1.807, 2.05) is 47.8 Å². The van der Waals surface area contributed by atoms with Gasteiger partial charge < -0.3 is 5.32 Å². The average molecular weight is 364 g/mol. The summed E-state index contributed by atoms with van der Waals surface area (Å²) in [5.41, 5.74) is 0.800. The van der Waals surface area contributed by atoms with Crippen molar-refractivity contribution < 1.29 is 13.2 Å². The number of sulfonamides is 1. The number of carbonyl (C=O) groups excluding carboxylic acids is 1. The van der Waals surface area contributed by atoms with Gasteiger partial charge in [-0.25, -0.2) is 13.1 Å². The number of carbonyl (C=O) groups is 1. The van der Waals surface area contributed by atoms with E-state index in [9.17, 15) is 13.2 Å². The van der Waals surface area contributed by atoms with Gasteiger partial charge in [0.05, 0.1) is 0 Å². The number of rotatable bonds is 9. The van der Waals surface area contributed by atoms with Gasteiger partial charge in [-0.1, -0.05) is 36.4 Å². The molecule has 0 aliphatic heterocycles. The van der Waals surface area contributed by atoms with E-state index < -0.39 is 10.0 Å². The molecule has 0 spiro atoms. The highest BCUT2D eigenvalue weighted by atomic mass is 32.2. The summed E-state index contributed by atoms with van der Waals surface area (Å²) in [5, 5.41) is 5.88. The van der Waals surface area contributed by atoms with Crippen molar-refractivity contribution in [2.45, 2.75) is 12.8 Å². The minimum absolute atomic E-state index is 0.0757. The lowest BCUT2D eigenvalue weighted by atomic mass is 10.2. The van der Waals surface area contributed by atoms with Gasteiger partial charge in [-0.05, 0) is 29.5 Å². The summed E-state index contributed by atoms with van der Waals surface area (Å²) in [4.78, 5) is 12.9. The maximum atomic E-state index is 11.8. The molecule has 0 bridgehead atoms. The van der Waals surface area contributed by atoms with E-state index in [4.69, 9.17) is 0 Å². The first-order valence-corrected chi connectivity index (χ1v) is 10.00. The minimum atomic E-state index is -3.54. The topological polar surface area (TPSA) is 75.3 Å². The molecule has 128 valence electrons. The van der Waals surface area contributed by atoms with Crippen LogP contribution in [0.15, 0.2) is 53.3 Å². The van der Waals surface area contributed by atoms with Crippen LogP contribution in [0.25, 0.3) is 6.08 Å². The van der Waals surface area contributed by atoms with Gasteiger partial charge >= 0.3 is 0 Å². The molecular weight excluding hydrogens is 344 g/mol. The van der Waals surface area contributed by atoms with Crippen molar-refractivity contribution in [2.75, 3.05) is 13.1 Å². The Morgan fingerprint density at radius 3 is 2.58 bits per heavy atom. The molecule has 0 saturated heterocycles. The average Bonchev–Trinajstić information content (AvgIpc) is 3.07. The third-order valence-corrected chi connectivity index (χ3v) is 5.21. The molecule has 1 amide bonds. The molecule has 0 unspecified atom stereocenters. The summed E-state index contributed by atoms with van der Waals surface area (Å²) in [6, 6.07) is 13.1. The van der Waals surface area contributed by atoms with Crippen molar-refractivity contribution in [1.82, 2.24) is 10.0 Å². The summed E-state index contributed by atoms with van der Waals surface area (Å²) in [5.74, 6) is -0.165. The Kier molecular flexibility index (Phi) is 7.17. The number of hydrogen-bond donors (Lipinski definition) is 2. The molecular formula is C17H20N2O3S2. The largest absolute Gasteiger partial charge is 0.356 e. The molecule has 5 nitrogen and oxygen atoms in total. The van der Waals surface area contributed by atoms with E-state index in [0.29, 0.717) is 6.54 Å². The Labute approximate surface area is 146 Å². The van der Waals surface area contributed by atoms with Gasteiger partial charge in [-0.15, -0.1) is 11.3 Å². The first-order valence-electron chi connectivity index (χ1n) is 7.57. The summed E-state index contributed by atoms with van der Waals surface area (Å²) in [6.07, 6.45) is 2.42. The normalized spacial score (nSPS) is 11.7. The Bertz CT molecular complexity index is 754. The molecule has 1 aromatic heterocycles. The number of benzene rings is 1. The van der Waals surface area contributed by atoms with E-state index in [1.54, 1.807) is 11.3 Å². The molecule has 2 aromatic rings. The second-order valence-corrected chi connectivity index (χ2v) is 7.77. The van der Waals surface area contributed by atoms with Crippen LogP contribution >= 0.6 is 11.3 Å². The van der Waals surface area contributed by atoms with Gasteiger partial charge in [0, 0.05) is 29.8 Å². The van der Waals surface area contributed by atoms with Crippen LogP contribution in [-0.4, -0.2) is 27.4 Å². The van der Waals surface area contributed by atoms with E-state index in [1.165, 1.54) is 11.0 Å². The predicted molar refractivity (Wildman–Crippen MR) is 98.0 cm³/mol. The second-order valence-electron chi connectivity index (χ2n) is 5.08. The number of hydrogen-bond acceptors (Lipinski definition) is 4. The molecule has 1 heterocycles. The van der Waals surface area contributed by atoms with Crippen LogP contribution in [0.5, 0.6) is 0 Å². The van der Waals surface area contributed by atoms with Crippen LogP contribution in [-0.2, 0) is 21.2 Å². The zero-order valence-corrected chi connectivity index (χ0v) is 14.8. The fourth-order valence-corrected chi connectivity index (χ4v) is 3.48. The molecule has 7 heteroatoms. The maximum Gasteiger partial charge on any atom is 0.233 e. The third kappa shape index (κ3) is 7.08. The Morgan fingerprint density at radius 1 is 1.08 bits per heavy atom. The van der Waals surface area contributed by atoms with Crippen molar-refractivity contribution in [3.63, 3.8) is 0 Å². The van der Waals surface area contributed by atoms with Gasteiger partial charge in [0.1, 0.15) is 0 Å².